The van der Waals surface area contributed by atoms with Crippen LogP contribution < -0.4 is 0 Å². The summed E-state index contributed by atoms with van der Waals surface area (Å²) in [5.41, 5.74) is 2.24. The molecule has 1 unspecified atom stereocenters. The van der Waals surface area contributed by atoms with E-state index in [1.807, 2.05) is 34.7 Å². The third-order valence-corrected chi connectivity index (χ3v) is 7.66. The summed E-state index contributed by atoms with van der Waals surface area (Å²) in [5.74, 6) is 1.87. The number of carbonyl (C=O) groups is 2. The molecular formula is C24H31N5O2. The molecule has 1 atom stereocenters. The Labute approximate surface area is 183 Å². The fourth-order valence-electron chi connectivity index (χ4n) is 5.48. The van der Waals surface area contributed by atoms with Crippen molar-refractivity contribution in [2.75, 3.05) is 26.2 Å². The fourth-order valence-corrected chi connectivity index (χ4v) is 5.48. The van der Waals surface area contributed by atoms with Crippen LogP contribution in [-0.2, 0) is 23.1 Å². The number of benzene rings is 1. The third kappa shape index (κ3) is 3.75. The molecule has 3 heterocycles. The number of aromatic nitrogens is 3. The van der Waals surface area contributed by atoms with Gasteiger partial charge in [-0.2, -0.15) is 0 Å². The molecule has 3 aliphatic rings. The van der Waals surface area contributed by atoms with E-state index in [0.717, 1.165) is 68.8 Å². The predicted octanol–water partition coefficient (Wildman–Crippen LogP) is 2.31. The van der Waals surface area contributed by atoms with Gasteiger partial charge in [0.25, 0.3) is 0 Å². The molecule has 0 bridgehead atoms. The number of hydrogen-bond donors (Lipinski definition) is 0. The molecule has 1 aromatic carbocycles. The molecule has 3 fully saturated rings. The Kier molecular flexibility index (Phi) is 5.07. The summed E-state index contributed by atoms with van der Waals surface area (Å²) >= 11 is 0. The number of amides is 2. The van der Waals surface area contributed by atoms with Crippen LogP contribution in [0.15, 0.2) is 30.6 Å². The number of likely N-dealkylation sites (tertiary alicyclic amines) is 2. The summed E-state index contributed by atoms with van der Waals surface area (Å²) < 4.78 is 1.99. The first-order valence-electron chi connectivity index (χ1n) is 11.4. The van der Waals surface area contributed by atoms with E-state index in [4.69, 9.17) is 0 Å². The highest BCUT2D eigenvalue weighted by Crippen LogP contribution is 2.50. The lowest BCUT2D eigenvalue weighted by Crippen LogP contribution is -2.47. The van der Waals surface area contributed by atoms with Crippen LogP contribution >= 0.6 is 0 Å². The molecule has 1 aromatic heterocycles. The molecule has 164 valence electrons. The van der Waals surface area contributed by atoms with Crippen molar-refractivity contribution in [1.82, 2.24) is 24.6 Å². The summed E-state index contributed by atoms with van der Waals surface area (Å²) in [5, 5.41) is 8.52. The molecule has 1 saturated carbocycles. The standard InChI is InChI=1S/C24H31N5O2/c1-17-5-3-4-6-19(17)13-21(30)28-11-9-24(10-12-28)15-29(23(31)18-7-8-18)14-20(24)22-26-25-16-27(22)2/h3-6,16,18,20H,7-15H2,1-2H3. The van der Waals surface area contributed by atoms with Crippen LogP contribution in [0.3, 0.4) is 0 Å². The van der Waals surface area contributed by atoms with Gasteiger partial charge in [-0.15, -0.1) is 10.2 Å². The number of carbonyl (C=O) groups excluding carboxylic acids is 2. The minimum absolute atomic E-state index is 0.0230. The lowest BCUT2D eigenvalue weighted by Gasteiger charge is -2.42. The van der Waals surface area contributed by atoms with Crippen LogP contribution in [0.25, 0.3) is 0 Å². The summed E-state index contributed by atoms with van der Waals surface area (Å²) in [6.07, 6.45) is 6.06. The SMILES string of the molecule is Cc1ccccc1CC(=O)N1CCC2(CC1)CN(C(=O)C1CC1)CC2c1nncn1C. The van der Waals surface area contributed by atoms with Gasteiger partial charge in [-0.25, -0.2) is 0 Å². The van der Waals surface area contributed by atoms with E-state index in [1.54, 1.807) is 6.33 Å². The van der Waals surface area contributed by atoms with Gasteiger partial charge < -0.3 is 14.4 Å². The van der Waals surface area contributed by atoms with E-state index in [9.17, 15) is 9.59 Å². The first kappa shape index (κ1) is 20.2. The van der Waals surface area contributed by atoms with Crippen LogP contribution in [0.1, 0.15) is 48.6 Å². The minimum Gasteiger partial charge on any atom is -0.342 e. The van der Waals surface area contributed by atoms with E-state index in [2.05, 4.69) is 28.1 Å². The molecule has 2 aliphatic heterocycles. The lowest BCUT2D eigenvalue weighted by molar-refractivity contribution is -0.134. The van der Waals surface area contributed by atoms with Gasteiger partial charge in [0.1, 0.15) is 12.2 Å². The van der Waals surface area contributed by atoms with Gasteiger partial charge in [-0.05, 0) is 43.7 Å². The van der Waals surface area contributed by atoms with Gasteiger partial charge in [0.2, 0.25) is 11.8 Å². The maximum atomic E-state index is 13.0. The largest absolute Gasteiger partial charge is 0.342 e. The zero-order valence-electron chi connectivity index (χ0n) is 18.5. The van der Waals surface area contributed by atoms with Crippen molar-refractivity contribution in [3.8, 4) is 0 Å². The maximum Gasteiger partial charge on any atom is 0.226 e. The first-order valence-corrected chi connectivity index (χ1v) is 11.4. The van der Waals surface area contributed by atoms with Crippen molar-refractivity contribution >= 4 is 11.8 Å². The van der Waals surface area contributed by atoms with Gasteiger partial charge in [0, 0.05) is 50.5 Å². The van der Waals surface area contributed by atoms with Crippen molar-refractivity contribution in [3.05, 3.63) is 47.5 Å². The summed E-state index contributed by atoms with van der Waals surface area (Å²) in [6.45, 7) is 5.04. The highest BCUT2D eigenvalue weighted by Gasteiger charge is 2.53. The minimum atomic E-state index is -0.0230. The molecular weight excluding hydrogens is 390 g/mol. The fraction of sp³-hybridized carbons (Fsp3) is 0.583. The van der Waals surface area contributed by atoms with Crippen molar-refractivity contribution in [2.24, 2.45) is 18.4 Å². The zero-order chi connectivity index (χ0) is 21.6. The Morgan fingerprint density at radius 2 is 1.87 bits per heavy atom. The van der Waals surface area contributed by atoms with E-state index in [-0.39, 0.29) is 23.2 Å². The van der Waals surface area contributed by atoms with Gasteiger partial charge in [-0.3, -0.25) is 9.59 Å². The number of hydrogen-bond acceptors (Lipinski definition) is 4. The second-order valence-electron chi connectivity index (χ2n) is 9.69. The molecule has 7 nitrogen and oxygen atoms in total. The van der Waals surface area contributed by atoms with Gasteiger partial charge in [-0.1, -0.05) is 24.3 Å². The van der Waals surface area contributed by atoms with Gasteiger partial charge >= 0.3 is 0 Å². The molecule has 2 saturated heterocycles. The number of piperidine rings is 1. The van der Waals surface area contributed by atoms with E-state index in [1.165, 1.54) is 0 Å². The average molecular weight is 422 g/mol. The molecule has 2 aromatic rings. The van der Waals surface area contributed by atoms with Crippen LogP contribution in [0.5, 0.6) is 0 Å². The van der Waals surface area contributed by atoms with Crippen LogP contribution in [0, 0.1) is 18.3 Å². The number of rotatable bonds is 4. The van der Waals surface area contributed by atoms with Crippen molar-refractivity contribution in [3.63, 3.8) is 0 Å². The van der Waals surface area contributed by atoms with Crippen molar-refractivity contribution in [1.29, 1.82) is 0 Å². The highest BCUT2D eigenvalue weighted by atomic mass is 16.2. The molecule has 5 rings (SSSR count). The van der Waals surface area contributed by atoms with Crippen molar-refractivity contribution < 1.29 is 9.59 Å². The molecule has 0 radical (unpaired) electrons. The monoisotopic (exact) mass is 421 g/mol. The second kappa shape index (κ2) is 7.77. The average Bonchev–Trinajstić information content (AvgIpc) is 3.44. The Morgan fingerprint density at radius 3 is 2.52 bits per heavy atom. The number of nitrogens with zero attached hydrogens (tertiary/aromatic N) is 5. The zero-order valence-corrected chi connectivity index (χ0v) is 18.5. The Hall–Kier alpha value is -2.70. The molecule has 31 heavy (non-hydrogen) atoms. The van der Waals surface area contributed by atoms with Gasteiger partial charge in [0.15, 0.2) is 0 Å². The molecule has 2 amide bonds. The van der Waals surface area contributed by atoms with Crippen LogP contribution in [0.2, 0.25) is 0 Å². The third-order valence-electron chi connectivity index (χ3n) is 7.66. The lowest BCUT2D eigenvalue weighted by atomic mass is 9.70. The van der Waals surface area contributed by atoms with E-state index in [0.29, 0.717) is 12.3 Å². The molecule has 7 heteroatoms. The van der Waals surface area contributed by atoms with Crippen molar-refractivity contribution in [2.45, 2.75) is 44.9 Å². The Bertz CT molecular complexity index is 987. The number of aryl methyl sites for hydroxylation is 2. The van der Waals surface area contributed by atoms with E-state index >= 15 is 0 Å². The smallest absolute Gasteiger partial charge is 0.226 e. The quantitative estimate of drug-likeness (QED) is 0.760. The second-order valence-corrected chi connectivity index (χ2v) is 9.69. The topological polar surface area (TPSA) is 71.3 Å². The Morgan fingerprint density at radius 1 is 1.13 bits per heavy atom. The van der Waals surface area contributed by atoms with Crippen LogP contribution in [-0.4, -0.2) is 62.6 Å². The van der Waals surface area contributed by atoms with E-state index < -0.39 is 0 Å². The van der Waals surface area contributed by atoms with Gasteiger partial charge in [0.05, 0.1) is 6.42 Å². The molecule has 0 N–H and O–H groups in total. The summed E-state index contributed by atoms with van der Waals surface area (Å²) in [6, 6.07) is 8.11. The summed E-state index contributed by atoms with van der Waals surface area (Å²) in [7, 11) is 1.98. The normalized spacial score (nSPS) is 22.8. The summed E-state index contributed by atoms with van der Waals surface area (Å²) in [4.78, 5) is 29.9. The predicted molar refractivity (Wildman–Crippen MR) is 116 cm³/mol. The highest BCUT2D eigenvalue weighted by molar-refractivity contribution is 5.81. The maximum absolute atomic E-state index is 13.0. The Balaban J connectivity index is 1.31. The first-order chi connectivity index (χ1) is 15.0. The molecule has 1 aliphatic carbocycles. The molecule has 1 spiro atoms. The van der Waals surface area contributed by atoms with Crippen LogP contribution in [0.4, 0.5) is 0 Å².